The van der Waals surface area contributed by atoms with Gasteiger partial charge in [-0.2, -0.15) is 0 Å². The maximum absolute atomic E-state index is 13.6. The van der Waals surface area contributed by atoms with Gasteiger partial charge in [-0.25, -0.2) is 0 Å². The number of benzene rings is 2. The van der Waals surface area contributed by atoms with Gasteiger partial charge in [-0.15, -0.1) is 0 Å². The first kappa shape index (κ1) is 23.2. The Morgan fingerprint density at radius 2 is 1.71 bits per heavy atom. The van der Waals surface area contributed by atoms with Gasteiger partial charge in [-0.3, -0.25) is 19.9 Å². The number of carbonyl (C=O) groups is 2. The Morgan fingerprint density at radius 3 is 2.40 bits per heavy atom. The highest BCUT2D eigenvalue weighted by Crippen LogP contribution is 2.34. The summed E-state index contributed by atoms with van der Waals surface area (Å²) in [7, 11) is 0. The van der Waals surface area contributed by atoms with Crippen LogP contribution in [-0.2, 0) is 17.6 Å². The normalized spacial score (nSPS) is 19.3. The first-order chi connectivity index (χ1) is 17.0. The van der Waals surface area contributed by atoms with Crippen LogP contribution in [0.3, 0.4) is 0 Å². The summed E-state index contributed by atoms with van der Waals surface area (Å²) in [4.78, 5) is 35.1. The number of amides is 2. The van der Waals surface area contributed by atoms with Crippen LogP contribution in [0.5, 0.6) is 0 Å². The maximum Gasteiger partial charge on any atom is 0.253 e. The number of nitrogens with one attached hydrogen (secondary N) is 1. The number of aromatic nitrogens is 1. The summed E-state index contributed by atoms with van der Waals surface area (Å²) in [5.74, 6) is 0.202. The fourth-order valence-corrected chi connectivity index (χ4v) is 5.32. The Morgan fingerprint density at radius 1 is 1.00 bits per heavy atom. The minimum atomic E-state index is -0.435. The molecule has 1 aromatic heterocycles. The summed E-state index contributed by atoms with van der Waals surface area (Å²) in [6.45, 7) is 3.86. The Kier molecular flexibility index (Phi) is 6.64. The van der Waals surface area contributed by atoms with E-state index in [1.54, 1.807) is 6.20 Å². The van der Waals surface area contributed by atoms with E-state index in [0.29, 0.717) is 45.3 Å². The number of hydrogen-bond donors (Lipinski definition) is 1. The first-order valence-electron chi connectivity index (χ1n) is 12.4. The fourth-order valence-electron chi connectivity index (χ4n) is 5.32. The van der Waals surface area contributed by atoms with Crippen LogP contribution in [0, 0.1) is 6.92 Å². The molecule has 180 valence electrons. The SMILES string of the molecule is Cc1ccc(C(=O)N2CCC3(CC2)N[C@@H](Cc2ccccc2)C(=O)N3CCc2ccccn2)cc1. The molecule has 2 amide bonds. The molecule has 0 aliphatic carbocycles. The van der Waals surface area contributed by atoms with Gasteiger partial charge in [0.1, 0.15) is 0 Å². The molecule has 1 N–H and O–H groups in total. The first-order valence-corrected chi connectivity index (χ1v) is 12.4. The van der Waals surface area contributed by atoms with Gasteiger partial charge in [0.15, 0.2) is 0 Å². The quantitative estimate of drug-likeness (QED) is 0.600. The Bertz CT molecular complexity index is 1160. The third-order valence-electron chi connectivity index (χ3n) is 7.30. The summed E-state index contributed by atoms with van der Waals surface area (Å²) >= 11 is 0. The highest BCUT2D eigenvalue weighted by Gasteiger charge is 2.51. The number of hydrogen-bond acceptors (Lipinski definition) is 4. The van der Waals surface area contributed by atoms with E-state index >= 15 is 0 Å². The van der Waals surface area contributed by atoms with Crippen molar-refractivity contribution in [2.24, 2.45) is 0 Å². The van der Waals surface area contributed by atoms with E-state index in [1.807, 2.05) is 77.4 Å². The van der Waals surface area contributed by atoms with E-state index in [2.05, 4.69) is 22.4 Å². The highest BCUT2D eigenvalue weighted by atomic mass is 16.2. The van der Waals surface area contributed by atoms with Crippen molar-refractivity contribution < 1.29 is 9.59 Å². The number of carbonyl (C=O) groups excluding carboxylic acids is 2. The number of aryl methyl sites for hydroxylation is 1. The summed E-state index contributed by atoms with van der Waals surface area (Å²) in [5, 5.41) is 3.72. The van der Waals surface area contributed by atoms with E-state index in [4.69, 9.17) is 0 Å². The molecule has 0 saturated carbocycles. The molecule has 2 saturated heterocycles. The van der Waals surface area contributed by atoms with E-state index in [9.17, 15) is 9.59 Å². The van der Waals surface area contributed by atoms with Gasteiger partial charge in [0.2, 0.25) is 5.91 Å². The van der Waals surface area contributed by atoms with Gasteiger partial charge in [-0.1, -0.05) is 54.1 Å². The smallest absolute Gasteiger partial charge is 0.253 e. The van der Waals surface area contributed by atoms with E-state index in [-0.39, 0.29) is 17.9 Å². The molecule has 0 unspecified atom stereocenters. The molecule has 1 spiro atoms. The predicted molar refractivity (Wildman–Crippen MR) is 136 cm³/mol. The molecule has 0 radical (unpaired) electrons. The molecule has 0 bridgehead atoms. The molecular weight excluding hydrogens is 436 g/mol. The van der Waals surface area contributed by atoms with E-state index in [1.165, 1.54) is 0 Å². The Hall–Kier alpha value is -3.51. The van der Waals surface area contributed by atoms with Gasteiger partial charge in [-0.05, 0) is 43.2 Å². The molecule has 35 heavy (non-hydrogen) atoms. The largest absolute Gasteiger partial charge is 0.338 e. The van der Waals surface area contributed by atoms with Crippen LogP contribution < -0.4 is 5.32 Å². The van der Waals surface area contributed by atoms with Crippen LogP contribution in [0.15, 0.2) is 79.0 Å². The second-order valence-electron chi connectivity index (χ2n) is 9.64. The van der Waals surface area contributed by atoms with Crippen molar-refractivity contribution in [3.05, 3.63) is 101 Å². The maximum atomic E-state index is 13.6. The molecule has 2 aliphatic heterocycles. The molecule has 2 aromatic carbocycles. The lowest BCUT2D eigenvalue weighted by molar-refractivity contribution is -0.133. The molecule has 3 aromatic rings. The highest BCUT2D eigenvalue weighted by molar-refractivity contribution is 5.94. The third-order valence-corrected chi connectivity index (χ3v) is 7.30. The lowest BCUT2D eigenvalue weighted by Crippen LogP contribution is -2.60. The summed E-state index contributed by atoms with van der Waals surface area (Å²) in [6.07, 6.45) is 4.59. The van der Waals surface area contributed by atoms with Gasteiger partial charge in [0.05, 0.1) is 11.7 Å². The Balaban J connectivity index is 1.32. The van der Waals surface area contributed by atoms with Crippen molar-refractivity contribution in [3.63, 3.8) is 0 Å². The lowest BCUT2D eigenvalue weighted by atomic mass is 9.94. The summed E-state index contributed by atoms with van der Waals surface area (Å²) in [5.41, 5.74) is 3.55. The summed E-state index contributed by atoms with van der Waals surface area (Å²) < 4.78 is 0. The second kappa shape index (κ2) is 10.0. The molecule has 6 nitrogen and oxygen atoms in total. The summed E-state index contributed by atoms with van der Waals surface area (Å²) in [6, 6.07) is 23.5. The van der Waals surface area contributed by atoms with Crippen molar-refractivity contribution in [2.45, 2.75) is 44.3 Å². The van der Waals surface area contributed by atoms with Crippen LogP contribution in [0.4, 0.5) is 0 Å². The minimum absolute atomic E-state index is 0.0602. The molecular formula is C29H32N4O2. The van der Waals surface area contributed by atoms with Crippen molar-refractivity contribution in [2.75, 3.05) is 19.6 Å². The van der Waals surface area contributed by atoms with Crippen LogP contribution in [0.25, 0.3) is 0 Å². The van der Waals surface area contributed by atoms with Crippen LogP contribution in [-0.4, -0.2) is 57.9 Å². The monoisotopic (exact) mass is 468 g/mol. The molecule has 2 aliphatic rings. The second-order valence-corrected chi connectivity index (χ2v) is 9.64. The number of piperidine rings is 1. The zero-order valence-electron chi connectivity index (χ0n) is 20.2. The molecule has 2 fully saturated rings. The number of nitrogens with zero attached hydrogens (tertiary/aromatic N) is 3. The minimum Gasteiger partial charge on any atom is -0.338 e. The van der Waals surface area contributed by atoms with E-state index < -0.39 is 5.66 Å². The standard InChI is InChI=1S/C29H32N4O2/c1-22-10-12-24(13-11-22)27(34)32-19-15-29(16-20-32)31-26(21-23-7-3-2-4-8-23)28(35)33(29)18-14-25-9-5-6-17-30-25/h2-13,17,26,31H,14-16,18-21H2,1H3/t26-/m0/s1. The molecule has 6 heteroatoms. The van der Waals surface area contributed by atoms with Gasteiger partial charge in [0.25, 0.3) is 5.91 Å². The van der Waals surface area contributed by atoms with Gasteiger partial charge in [0, 0.05) is 56.4 Å². The lowest BCUT2D eigenvalue weighted by Gasteiger charge is -2.44. The van der Waals surface area contributed by atoms with Crippen molar-refractivity contribution in [1.82, 2.24) is 20.1 Å². The topological polar surface area (TPSA) is 65.5 Å². The zero-order valence-corrected chi connectivity index (χ0v) is 20.2. The fraction of sp³-hybridized carbons (Fsp3) is 0.345. The Labute approximate surface area is 207 Å². The average molecular weight is 469 g/mol. The van der Waals surface area contributed by atoms with Crippen molar-refractivity contribution in [3.8, 4) is 0 Å². The van der Waals surface area contributed by atoms with Gasteiger partial charge >= 0.3 is 0 Å². The van der Waals surface area contributed by atoms with Gasteiger partial charge < -0.3 is 9.80 Å². The molecule has 1 atom stereocenters. The average Bonchev–Trinajstić information content (AvgIpc) is 3.14. The van der Waals surface area contributed by atoms with Crippen LogP contribution in [0.1, 0.15) is 40.0 Å². The van der Waals surface area contributed by atoms with Crippen LogP contribution >= 0.6 is 0 Å². The predicted octanol–water partition coefficient (Wildman–Crippen LogP) is 3.61. The molecule has 3 heterocycles. The molecule has 5 rings (SSSR count). The number of likely N-dealkylation sites (tertiary alicyclic amines) is 1. The van der Waals surface area contributed by atoms with E-state index in [0.717, 1.165) is 22.4 Å². The number of rotatable bonds is 6. The van der Waals surface area contributed by atoms with Crippen LogP contribution in [0.2, 0.25) is 0 Å². The third kappa shape index (κ3) is 4.98. The van der Waals surface area contributed by atoms with Crippen molar-refractivity contribution >= 4 is 11.8 Å². The zero-order chi connectivity index (χ0) is 24.3. The van der Waals surface area contributed by atoms with Crippen molar-refractivity contribution in [1.29, 1.82) is 0 Å². The number of pyridine rings is 1.